The lowest BCUT2D eigenvalue weighted by molar-refractivity contribution is -0.127. The van der Waals surface area contributed by atoms with E-state index in [1.54, 1.807) is 6.92 Å². The lowest BCUT2D eigenvalue weighted by Gasteiger charge is -2.25. The zero-order valence-corrected chi connectivity index (χ0v) is 11.1. The van der Waals surface area contributed by atoms with Gasteiger partial charge in [-0.15, -0.1) is 0 Å². The quantitative estimate of drug-likeness (QED) is 0.200. The van der Waals surface area contributed by atoms with Crippen LogP contribution in [0.5, 0.6) is 0 Å². The molecule has 1 amide bonds. The molecule has 1 unspecified atom stereocenters. The van der Waals surface area contributed by atoms with Gasteiger partial charge in [-0.3, -0.25) is 4.79 Å². The number of carbonyl (C=O) groups excluding carboxylic acids is 1. The smallest absolute Gasteiger partial charge is 0.233 e. The zero-order chi connectivity index (χ0) is 13.3. The fourth-order valence-electron chi connectivity index (χ4n) is 1.52. The molecule has 0 saturated carbocycles. The Morgan fingerprint density at radius 2 is 2.00 bits per heavy atom. The molecular weight excluding hydrogens is 218 g/mol. The first-order valence-corrected chi connectivity index (χ1v) is 6.29. The molecule has 0 spiro atoms. The number of amidine groups is 1. The molecule has 0 aromatic heterocycles. The first kappa shape index (κ1) is 15.7. The van der Waals surface area contributed by atoms with Crippen LogP contribution in [-0.2, 0) is 4.79 Å². The number of rotatable bonds is 8. The number of nitrogens with zero attached hydrogens (tertiary/aromatic N) is 1. The maximum atomic E-state index is 11.9. The summed E-state index contributed by atoms with van der Waals surface area (Å²) in [4.78, 5) is 11.9. The molecule has 0 aliphatic carbocycles. The van der Waals surface area contributed by atoms with E-state index in [4.69, 9.17) is 10.9 Å². The van der Waals surface area contributed by atoms with Gasteiger partial charge in [0.15, 0.2) is 5.84 Å². The van der Waals surface area contributed by atoms with Crippen molar-refractivity contribution in [2.45, 2.75) is 52.9 Å². The number of carbonyl (C=O) groups is 1. The molecule has 0 aliphatic rings. The topological polar surface area (TPSA) is 87.7 Å². The van der Waals surface area contributed by atoms with E-state index >= 15 is 0 Å². The number of nitrogens with one attached hydrogen (secondary N) is 1. The standard InChI is InChI=1S/C12H25N3O2/c1-4-6-7-8-9-14-11(16)12(3,5-2)10(13)15-17/h17H,4-9H2,1-3H3,(H2,13,15)(H,14,16). The average Bonchev–Trinajstić information content (AvgIpc) is 2.36. The fourth-order valence-corrected chi connectivity index (χ4v) is 1.52. The molecule has 4 N–H and O–H groups in total. The van der Waals surface area contributed by atoms with Gasteiger partial charge in [-0.1, -0.05) is 38.3 Å². The van der Waals surface area contributed by atoms with Crippen molar-refractivity contribution in [3.8, 4) is 0 Å². The van der Waals surface area contributed by atoms with Gasteiger partial charge in [-0.05, 0) is 19.8 Å². The Hall–Kier alpha value is -1.26. The Bertz CT molecular complexity index is 266. The number of unbranched alkanes of at least 4 members (excludes halogenated alkanes) is 3. The highest BCUT2D eigenvalue weighted by molar-refractivity contribution is 6.06. The van der Waals surface area contributed by atoms with Gasteiger partial charge in [0.2, 0.25) is 5.91 Å². The Morgan fingerprint density at radius 3 is 2.47 bits per heavy atom. The monoisotopic (exact) mass is 243 g/mol. The van der Waals surface area contributed by atoms with Gasteiger partial charge in [0.25, 0.3) is 0 Å². The lowest BCUT2D eigenvalue weighted by Crippen LogP contribution is -2.47. The molecule has 0 aromatic carbocycles. The lowest BCUT2D eigenvalue weighted by atomic mass is 9.85. The van der Waals surface area contributed by atoms with Crippen LogP contribution >= 0.6 is 0 Å². The Kier molecular flexibility index (Phi) is 7.34. The number of amides is 1. The van der Waals surface area contributed by atoms with Crippen LogP contribution in [-0.4, -0.2) is 23.5 Å². The van der Waals surface area contributed by atoms with Crippen LogP contribution in [0.2, 0.25) is 0 Å². The van der Waals surface area contributed by atoms with E-state index in [-0.39, 0.29) is 11.7 Å². The summed E-state index contributed by atoms with van der Waals surface area (Å²) in [7, 11) is 0. The summed E-state index contributed by atoms with van der Waals surface area (Å²) in [5.74, 6) is -0.210. The summed E-state index contributed by atoms with van der Waals surface area (Å²) in [5, 5.41) is 14.5. The van der Waals surface area contributed by atoms with E-state index in [9.17, 15) is 4.79 Å². The van der Waals surface area contributed by atoms with Gasteiger partial charge in [-0.2, -0.15) is 0 Å². The third-order valence-corrected chi connectivity index (χ3v) is 3.20. The molecule has 0 fully saturated rings. The molecule has 0 rings (SSSR count). The molecule has 0 aliphatic heterocycles. The minimum absolute atomic E-state index is 0.0361. The molecule has 0 heterocycles. The minimum atomic E-state index is -0.917. The maximum Gasteiger partial charge on any atom is 0.233 e. The van der Waals surface area contributed by atoms with Gasteiger partial charge >= 0.3 is 0 Å². The van der Waals surface area contributed by atoms with Gasteiger partial charge in [0.1, 0.15) is 5.41 Å². The SMILES string of the molecule is CCCCCCNC(=O)C(C)(CC)C(N)=NO. The van der Waals surface area contributed by atoms with Crippen LogP contribution < -0.4 is 11.1 Å². The number of nitrogens with two attached hydrogens (primary N) is 1. The van der Waals surface area contributed by atoms with Crippen molar-refractivity contribution in [1.82, 2.24) is 5.32 Å². The molecule has 0 saturated heterocycles. The van der Waals surface area contributed by atoms with E-state index in [0.29, 0.717) is 13.0 Å². The predicted octanol–water partition coefficient (Wildman–Crippen LogP) is 1.85. The minimum Gasteiger partial charge on any atom is -0.409 e. The largest absolute Gasteiger partial charge is 0.409 e. The van der Waals surface area contributed by atoms with Crippen molar-refractivity contribution in [2.75, 3.05) is 6.54 Å². The first-order chi connectivity index (χ1) is 8.02. The summed E-state index contributed by atoms with van der Waals surface area (Å²) in [6, 6.07) is 0. The van der Waals surface area contributed by atoms with Gasteiger partial charge in [0, 0.05) is 6.54 Å². The normalized spacial score (nSPS) is 15.4. The molecule has 0 bridgehead atoms. The maximum absolute atomic E-state index is 11.9. The highest BCUT2D eigenvalue weighted by Gasteiger charge is 2.35. The summed E-state index contributed by atoms with van der Waals surface area (Å²) < 4.78 is 0. The molecule has 17 heavy (non-hydrogen) atoms. The second-order valence-electron chi connectivity index (χ2n) is 4.49. The molecule has 0 aromatic rings. The van der Waals surface area contributed by atoms with Crippen molar-refractivity contribution >= 4 is 11.7 Å². The van der Waals surface area contributed by atoms with E-state index in [2.05, 4.69) is 17.4 Å². The molecular formula is C12H25N3O2. The van der Waals surface area contributed by atoms with Crippen LogP contribution in [0.25, 0.3) is 0 Å². The Labute approximate surface area is 103 Å². The average molecular weight is 243 g/mol. The van der Waals surface area contributed by atoms with Gasteiger partial charge < -0.3 is 16.3 Å². The Balaban J connectivity index is 4.18. The van der Waals surface area contributed by atoms with Crippen LogP contribution in [0.15, 0.2) is 5.16 Å². The number of hydrogen-bond acceptors (Lipinski definition) is 3. The van der Waals surface area contributed by atoms with Crippen molar-refractivity contribution < 1.29 is 10.0 Å². The second-order valence-corrected chi connectivity index (χ2v) is 4.49. The summed E-state index contributed by atoms with van der Waals surface area (Å²) in [5.41, 5.74) is 4.64. The molecule has 5 nitrogen and oxygen atoms in total. The van der Waals surface area contributed by atoms with Crippen LogP contribution in [0.3, 0.4) is 0 Å². The van der Waals surface area contributed by atoms with Crippen LogP contribution in [0.4, 0.5) is 0 Å². The number of hydrogen-bond donors (Lipinski definition) is 3. The van der Waals surface area contributed by atoms with Crippen molar-refractivity contribution in [3.63, 3.8) is 0 Å². The summed E-state index contributed by atoms with van der Waals surface area (Å²) in [6.07, 6.45) is 4.94. The Morgan fingerprint density at radius 1 is 1.35 bits per heavy atom. The summed E-state index contributed by atoms with van der Waals surface area (Å²) in [6.45, 7) is 6.32. The van der Waals surface area contributed by atoms with Crippen molar-refractivity contribution in [2.24, 2.45) is 16.3 Å². The third kappa shape index (κ3) is 4.63. The third-order valence-electron chi connectivity index (χ3n) is 3.20. The van der Waals surface area contributed by atoms with E-state index in [0.717, 1.165) is 12.8 Å². The molecule has 5 heteroatoms. The van der Waals surface area contributed by atoms with Gasteiger partial charge in [0.05, 0.1) is 0 Å². The highest BCUT2D eigenvalue weighted by atomic mass is 16.4. The zero-order valence-electron chi connectivity index (χ0n) is 11.1. The van der Waals surface area contributed by atoms with Crippen molar-refractivity contribution in [1.29, 1.82) is 0 Å². The first-order valence-electron chi connectivity index (χ1n) is 6.29. The van der Waals surface area contributed by atoms with E-state index in [1.807, 2.05) is 6.92 Å². The van der Waals surface area contributed by atoms with E-state index in [1.165, 1.54) is 12.8 Å². The molecule has 100 valence electrons. The fraction of sp³-hybridized carbons (Fsp3) is 0.833. The van der Waals surface area contributed by atoms with E-state index < -0.39 is 5.41 Å². The van der Waals surface area contributed by atoms with Crippen LogP contribution in [0.1, 0.15) is 52.9 Å². The molecule has 0 radical (unpaired) electrons. The highest BCUT2D eigenvalue weighted by Crippen LogP contribution is 2.21. The number of oxime groups is 1. The predicted molar refractivity (Wildman–Crippen MR) is 69.0 cm³/mol. The van der Waals surface area contributed by atoms with Crippen molar-refractivity contribution in [3.05, 3.63) is 0 Å². The van der Waals surface area contributed by atoms with Gasteiger partial charge in [-0.25, -0.2) is 0 Å². The second kappa shape index (κ2) is 7.92. The summed E-state index contributed by atoms with van der Waals surface area (Å²) >= 11 is 0. The van der Waals surface area contributed by atoms with Crippen LogP contribution in [0, 0.1) is 5.41 Å². The molecule has 1 atom stereocenters.